The molecule has 146 valence electrons. The van der Waals surface area contributed by atoms with E-state index in [4.69, 9.17) is 0 Å². The van der Waals surface area contributed by atoms with Crippen LogP contribution in [0.4, 0.5) is 0 Å². The lowest BCUT2D eigenvalue weighted by atomic mass is 10.00. The van der Waals surface area contributed by atoms with Gasteiger partial charge in [0, 0.05) is 11.6 Å². The number of sulfonamides is 1. The van der Waals surface area contributed by atoms with E-state index in [1.807, 2.05) is 46.8 Å². The number of amides is 1. The first-order valence-electron chi connectivity index (χ1n) is 9.14. The van der Waals surface area contributed by atoms with Gasteiger partial charge in [0.2, 0.25) is 10.0 Å². The Kier molecular flexibility index (Phi) is 6.78. The van der Waals surface area contributed by atoms with E-state index in [0.29, 0.717) is 12.0 Å². The van der Waals surface area contributed by atoms with Crippen molar-refractivity contribution in [2.24, 2.45) is 0 Å². The van der Waals surface area contributed by atoms with Gasteiger partial charge in [-0.15, -0.1) is 0 Å². The standard InChI is InChI=1S/C21H28N2O3S/c1-6-16(4)23-27(25,26)19-11-9-18(10-12-19)21(24)22-17(5)20-13-14(2)7-8-15(20)3/h7-13,16-17,23H,6H2,1-5H3,(H,22,24). The number of hydrogen-bond donors (Lipinski definition) is 2. The molecule has 2 aromatic rings. The van der Waals surface area contributed by atoms with E-state index < -0.39 is 10.0 Å². The quantitative estimate of drug-likeness (QED) is 0.756. The molecule has 0 saturated carbocycles. The second kappa shape index (κ2) is 8.67. The summed E-state index contributed by atoms with van der Waals surface area (Å²) in [4.78, 5) is 12.7. The molecule has 2 aromatic carbocycles. The molecule has 0 fully saturated rings. The Labute approximate surface area is 162 Å². The van der Waals surface area contributed by atoms with Gasteiger partial charge in [0.15, 0.2) is 0 Å². The molecular weight excluding hydrogens is 360 g/mol. The normalized spacial score (nSPS) is 13.8. The molecule has 5 nitrogen and oxygen atoms in total. The predicted molar refractivity (Wildman–Crippen MR) is 108 cm³/mol. The molecule has 0 saturated heterocycles. The number of carbonyl (C=O) groups excluding carboxylic acids is 1. The van der Waals surface area contributed by atoms with Crippen molar-refractivity contribution >= 4 is 15.9 Å². The van der Waals surface area contributed by atoms with Gasteiger partial charge in [0.25, 0.3) is 5.91 Å². The molecular formula is C21H28N2O3S. The monoisotopic (exact) mass is 388 g/mol. The fourth-order valence-electron chi connectivity index (χ4n) is 2.79. The van der Waals surface area contributed by atoms with Crippen LogP contribution in [0, 0.1) is 13.8 Å². The molecule has 0 spiro atoms. The molecule has 2 N–H and O–H groups in total. The van der Waals surface area contributed by atoms with Crippen LogP contribution in [0.1, 0.15) is 60.3 Å². The molecule has 0 bridgehead atoms. The molecule has 2 unspecified atom stereocenters. The van der Waals surface area contributed by atoms with Gasteiger partial charge in [-0.25, -0.2) is 13.1 Å². The van der Waals surface area contributed by atoms with Gasteiger partial charge in [-0.2, -0.15) is 0 Å². The Bertz CT molecular complexity index is 906. The van der Waals surface area contributed by atoms with Crippen LogP contribution >= 0.6 is 0 Å². The molecule has 0 heterocycles. The highest BCUT2D eigenvalue weighted by Crippen LogP contribution is 2.20. The van der Waals surface area contributed by atoms with Crippen LogP contribution in [0.15, 0.2) is 47.4 Å². The maximum absolute atomic E-state index is 12.5. The number of aryl methyl sites for hydroxylation is 2. The molecule has 1 amide bonds. The van der Waals surface area contributed by atoms with E-state index in [9.17, 15) is 13.2 Å². The summed E-state index contributed by atoms with van der Waals surface area (Å²) in [7, 11) is -3.57. The van der Waals surface area contributed by atoms with Crippen LogP contribution in [0.25, 0.3) is 0 Å². The minimum Gasteiger partial charge on any atom is -0.346 e. The summed E-state index contributed by atoms with van der Waals surface area (Å²) in [6, 6.07) is 11.9. The SMILES string of the molecule is CCC(C)NS(=O)(=O)c1ccc(C(=O)NC(C)c2cc(C)ccc2C)cc1. The highest BCUT2D eigenvalue weighted by atomic mass is 32.2. The van der Waals surface area contributed by atoms with Crippen molar-refractivity contribution in [1.82, 2.24) is 10.0 Å². The third kappa shape index (κ3) is 5.40. The average Bonchev–Trinajstić information content (AvgIpc) is 2.63. The topological polar surface area (TPSA) is 75.3 Å². The maximum atomic E-state index is 12.5. The van der Waals surface area contributed by atoms with Gasteiger partial charge in [-0.05, 0) is 69.5 Å². The van der Waals surface area contributed by atoms with Crippen molar-refractivity contribution in [3.05, 3.63) is 64.7 Å². The fraction of sp³-hybridized carbons (Fsp3) is 0.381. The van der Waals surface area contributed by atoms with Gasteiger partial charge < -0.3 is 5.32 Å². The van der Waals surface area contributed by atoms with Crippen molar-refractivity contribution in [2.45, 2.75) is 58.0 Å². The zero-order chi connectivity index (χ0) is 20.2. The highest BCUT2D eigenvalue weighted by molar-refractivity contribution is 7.89. The Morgan fingerprint density at radius 2 is 1.67 bits per heavy atom. The lowest BCUT2D eigenvalue weighted by Gasteiger charge is -2.17. The molecule has 6 heteroatoms. The van der Waals surface area contributed by atoms with Gasteiger partial charge >= 0.3 is 0 Å². The summed E-state index contributed by atoms with van der Waals surface area (Å²) in [5, 5.41) is 2.98. The van der Waals surface area contributed by atoms with Gasteiger partial charge in [0.05, 0.1) is 10.9 Å². The first-order valence-corrected chi connectivity index (χ1v) is 10.6. The predicted octanol–water partition coefficient (Wildman–Crippen LogP) is 3.87. The number of rotatable bonds is 7. The average molecular weight is 389 g/mol. The minimum absolute atomic E-state index is 0.142. The molecule has 2 rings (SSSR count). The van der Waals surface area contributed by atoms with E-state index >= 15 is 0 Å². The Morgan fingerprint density at radius 1 is 1.04 bits per heavy atom. The van der Waals surface area contributed by atoms with Crippen molar-refractivity contribution in [3.8, 4) is 0 Å². The van der Waals surface area contributed by atoms with Crippen LogP contribution < -0.4 is 10.0 Å². The maximum Gasteiger partial charge on any atom is 0.251 e. The Morgan fingerprint density at radius 3 is 2.26 bits per heavy atom. The summed E-state index contributed by atoms with van der Waals surface area (Å²) >= 11 is 0. The summed E-state index contributed by atoms with van der Waals surface area (Å²) < 4.78 is 27.2. The summed E-state index contributed by atoms with van der Waals surface area (Å²) in [5.74, 6) is -0.234. The highest BCUT2D eigenvalue weighted by Gasteiger charge is 2.18. The third-order valence-corrected chi connectivity index (χ3v) is 6.25. The lowest BCUT2D eigenvalue weighted by Crippen LogP contribution is -2.32. The zero-order valence-corrected chi connectivity index (χ0v) is 17.4. The zero-order valence-electron chi connectivity index (χ0n) is 16.5. The van der Waals surface area contributed by atoms with Gasteiger partial charge in [0.1, 0.15) is 0 Å². The van der Waals surface area contributed by atoms with Crippen LogP contribution in [0.2, 0.25) is 0 Å². The van der Waals surface area contributed by atoms with Crippen LogP contribution in [0.3, 0.4) is 0 Å². The van der Waals surface area contributed by atoms with E-state index in [1.165, 1.54) is 24.3 Å². The molecule has 0 radical (unpaired) electrons. The number of hydrogen-bond acceptors (Lipinski definition) is 3. The summed E-state index contributed by atoms with van der Waals surface area (Å²) in [6.07, 6.45) is 0.704. The van der Waals surface area contributed by atoms with Crippen molar-refractivity contribution in [3.63, 3.8) is 0 Å². The molecule has 27 heavy (non-hydrogen) atoms. The van der Waals surface area contributed by atoms with Gasteiger partial charge in [-0.3, -0.25) is 4.79 Å². The first-order chi connectivity index (χ1) is 12.6. The first kappa shape index (κ1) is 21.1. The fourth-order valence-corrected chi connectivity index (χ4v) is 4.11. The molecule has 0 aliphatic carbocycles. The number of carbonyl (C=O) groups is 1. The van der Waals surface area contributed by atoms with Crippen molar-refractivity contribution in [1.29, 1.82) is 0 Å². The van der Waals surface area contributed by atoms with Crippen LogP contribution in [0.5, 0.6) is 0 Å². The Hall–Kier alpha value is -2.18. The molecule has 0 aromatic heterocycles. The summed E-state index contributed by atoms with van der Waals surface area (Å²) in [6.45, 7) is 9.70. The minimum atomic E-state index is -3.57. The van der Waals surface area contributed by atoms with Gasteiger partial charge in [-0.1, -0.05) is 30.7 Å². The smallest absolute Gasteiger partial charge is 0.251 e. The second-order valence-corrected chi connectivity index (χ2v) is 8.72. The summed E-state index contributed by atoms with van der Waals surface area (Å²) in [5.41, 5.74) is 3.75. The number of nitrogens with one attached hydrogen (secondary N) is 2. The van der Waals surface area contributed by atoms with E-state index in [1.54, 1.807) is 0 Å². The van der Waals surface area contributed by atoms with Crippen LogP contribution in [-0.2, 0) is 10.0 Å². The van der Waals surface area contributed by atoms with E-state index in [0.717, 1.165) is 16.7 Å². The van der Waals surface area contributed by atoms with Crippen LogP contribution in [-0.4, -0.2) is 20.4 Å². The van der Waals surface area contributed by atoms with E-state index in [2.05, 4.69) is 16.1 Å². The largest absolute Gasteiger partial charge is 0.346 e. The van der Waals surface area contributed by atoms with Crippen molar-refractivity contribution in [2.75, 3.05) is 0 Å². The van der Waals surface area contributed by atoms with Crippen molar-refractivity contribution < 1.29 is 13.2 Å². The third-order valence-electron chi connectivity index (χ3n) is 4.64. The molecule has 2 atom stereocenters. The molecule has 0 aliphatic rings. The molecule has 0 aliphatic heterocycles. The lowest BCUT2D eigenvalue weighted by molar-refractivity contribution is 0.0939. The second-order valence-electron chi connectivity index (χ2n) is 7.01. The van der Waals surface area contributed by atoms with E-state index in [-0.39, 0.29) is 22.9 Å². The Balaban J connectivity index is 2.12. The number of benzene rings is 2.